The summed E-state index contributed by atoms with van der Waals surface area (Å²) in [6, 6.07) is 0. The fourth-order valence-corrected chi connectivity index (χ4v) is 1.96. The Morgan fingerprint density at radius 1 is 1.44 bits per heavy atom. The second kappa shape index (κ2) is 8.36. The molecule has 0 aliphatic rings. The Kier molecular flexibility index (Phi) is 7.11. The number of ether oxygens (including phenoxy) is 2. The molecular weight excluding hydrogens is 278 g/mol. The maximum absolute atomic E-state index is 11.1. The van der Waals surface area contributed by atoms with Gasteiger partial charge in [-0.1, -0.05) is 16.1 Å². The summed E-state index contributed by atoms with van der Waals surface area (Å²) in [7, 11) is 3.01. The van der Waals surface area contributed by atoms with Crippen LogP contribution >= 0.6 is 23.1 Å². The number of aromatic nitrogens is 2. The average Bonchev–Trinajstić information content (AvgIpc) is 2.77. The molecular formula is C10H16ClN3O3S. The summed E-state index contributed by atoms with van der Waals surface area (Å²) < 4.78 is 14.0. The largest absolute Gasteiger partial charge is 0.469 e. The fraction of sp³-hybridized carbons (Fsp3) is 0.700. The molecule has 1 heterocycles. The summed E-state index contributed by atoms with van der Waals surface area (Å²) in [4.78, 5) is 13.2. The number of carbonyl (C=O) groups is 1. The highest BCUT2D eigenvalue weighted by Crippen LogP contribution is 2.18. The minimum Gasteiger partial charge on any atom is -0.469 e. The smallest absolute Gasteiger partial charge is 0.306 e. The molecule has 0 amide bonds. The molecule has 0 aromatic carbocycles. The molecule has 0 fully saturated rings. The molecule has 0 atom stereocenters. The van der Waals surface area contributed by atoms with Crippen molar-refractivity contribution in [3.05, 3.63) is 10.0 Å². The Bertz CT molecular complexity index is 375. The number of nitrogens with zero attached hydrogens (tertiary/aromatic N) is 3. The first-order valence-electron chi connectivity index (χ1n) is 5.42. The van der Waals surface area contributed by atoms with Crippen molar-refractivity contribution in [2.45, 2.75) is 13.0 Å². The molecule has 1 aromatic rings. The predicted molar refractivity (Wildman–Crippen MR) is 68.7 cm³/mol. The topological polar surface area (TPSA) is 64.5 Å². The lowest BCUT2D eigenvalue weighted by Gasteiger charge is -2.20. The molecule has 1 aromatic heterocycles. The normalized spacial score (nSPS) is 10.9. The molecule has 0 aliphatic carbocycles. The molecule has 0 saturated carbocycles. The van der Waals surface area contributed by atoms with E-state index in [1.165, 1.54) is 7.11 Å². The van der Waals surface area contributed by atoms with E-state index in [1.807, 2.05) is 4.90 Å². The van der Waals surface area contributed by atoms with Crippen molar-refractivity contribution in [3.8, 4) is 0 Å². The van der Waals surface area contributed by atoms with Gasteiger partial charge in [-0.15, -0.1) is 5.10 Å². The van der Waals surface area contributed by atoms with Crippen molar-refractivity contribution in [3.63, 3.8) is 0 Å². The predicted octanol–water partition coefficient (Wildman–Crippen LogP) is 1.20. The van der Waals surface area contributed by atoms with Crippen LogP contribution in [0.15, 0.2) is 0 Å². The molecule has 0 radical (unpaired) electrons. The summed E-state index contributed by atoms with van der Waals surface area (Å²) >= 11 is 7.11. The Labute approximate surface area is 115 Å². The standard InChI is InChI=1S/C10H16ClN3O3S/c1-16-6-5-14(4-3-9(15)17-2)7-8-10(11)18-13-12-8/h3-7H2,1-2H3. The quantitative estimate of drug-likeness (QED) is 0.671. The number of hydrogen-bond acceptors (Lipinski definition) is 7. The van der Waals surface area contributed by atoms with Gasteiger partial charge in [0.15, 0.2) is 0 Å². The summed E-state index contributed by atoms with van der Waals surface area (Å²) in [5.74, 6) is -0.236. The van der Waals surface area contributed by atoms with Crippen molar-refractivity contribution in [1.82, 2.24) is 14.5 Å². The highest BCUT2D eigenvalue weighted by atomic mass is 35.5. The van der Waals surface area contributed by atoms with E-state index < -0.39 is 0 Å². The minimum atomic E-state index is -0.236. The summed E-state index contributed by atoms with van der Waals surface area (Å²) in [5, 5.41) is 3.95. The summed E-state index contributed by atoms with van der Waals surface area (Å²) in [5.41, 5.74) is 0.725. The number of hydrogen-bond donors (Lipinski definition) is 0. The highest BCUT2D eigenvalue weighted by Gasteiger charge is 2.13. The van der Waals surface area contributed by atoms with Crippen LogP contribution in [0.5, 0.6) is 0 Å². The Balaban J connectivity index is 2.49. The molecule has 0 saturated heterocycles. The van der Waals surface area contributed by atoms with Crippen LogP contribution in [0.4, 0.5) is 0 Å². The van der Waals surface area contributed by atoms with E-state index in [1.54, 1.807) is 7.11 Å². The zero-order valence-electron chi connectivity index (χ0n) is 10.4. The molecule has 6 nitrogen and oxygen atoms in total. The van der Waals surface area contributed by atoms with Crippen LogP contribution in [-0.4, -0.2) is 54.4 Å². The van der Waals surface area contributed by atoms with Gasteiger partial charge in [-0.2, -0.15) is 0 Å². The molecule has 0 bridgehead atoms. The van der Waals surface area contributed by atoms with Gasteiger partial charge in [0.2, 0.25) is 0 Å². The lowest BCUT2D eigenvalue weighted by Crippen LogP contribution is -2.29. The lowest BCUT2D eigenvalue weighted by atomic mass is 10.3. The van der Waals surface area contributed by atoms with E-state index >= 15 is 0 Å². The SMILES string of the molecule is COCCN(CCC(=O)OC)Cc1nnsc1Cl. The van der Waals surface area contributed by atoms with Crippen LogP contribution in [0.25, 0.3) is 0 Å². The van der Waals surface area contributed by atoms with Crippen molar-refractivity contribution in [2.24, 2.45) is 0 Å². The van der Waals surface area contributed by atoms with Crippen molar-refractivity contribution in [2.75, 3.05) is 33.9 Å². The van der Waals surface area contributed by atoms with Crippen LogP contribution in [-0.2, 0) is 20.8 Å². The molecule has 102 valence electrons. The summed E-state index contributed by atoms with van der Waals surface area (Å²) in [6.45, 7) is 2.40. The number of rotatable bonds is 8. The first-order valence-corrected chi connectivity index (χ1v) is 6.57. The maximum Gasteiger partial charge on any atom is 0.306 e. The second-order valence-corrected chi connectivity index (χ2v) is 4.94. The fourth-order valence-electron chi connectivity index (χ4n) is 1.34. The maximum atomic E-state index is 11.1. The molecule has 0 spiro atoms. The molecule has 1 rings (SSSR count). The average molecular weight is 294 g/mol. The van der Waals surface area contributed by atoms with Crippen LogP contribution in [0.3, 0.4) is 0 Å². The van der Waals surface area contributed by atoms with Gasteiger partial charge in [0, 0.05) is 38.3 Å². The van der Waals surface area contributed by atoms with E-state index in [0.29, 0.717) is 37.0 Å². The van der Waals surface area contributed by atoms with Crippen LogP contribution in [0, 0.1) is 0 Å². The Hall–Kier alpha value is -0.760. The Morgan fingerprint density at radius 3 is 2.78 bits per heavy atom. The third kappa shape index (κ3) is 5.26. The zero-order chi connectivity index (χ0) is 13.4. The van der Waals surface area contributed by atoms with Gasteiger partial charge in [-0.05, 0) is 0 Å². The minimum absolute atomic E-state index is 0.236. The monoisotopic (exact) mass is 293 g/mol. The lowest BCUT2D eigenvalue weighted by molar-refractivity contribution is -0.141. The third-order valence-electron chi connectivity index (χ3n) is 2.35. The Morgan fingerprint density at radius 2 is 2.22 bits per heavy atom. The van der Waals surface area contributed by atoms with Gasteiger partial charge in [0.25, 0.3) is 0 Å². The van der Waals surface area contributed by atoms with Crippen molar-refractivity contribution < 1.29 is 14.3 Å². The number of carbonyl (C=O) groups excluding carboxylic acids is 1. The highest BCUT2D eigenvalue weighted by molar-refractivity contribution is 7.10. The van der Waals surface area contributed by atoms with Gasteiger partial charge in [0.05, 0.1) is 20.1 Å². The first kappa shape index (κ1) is 15.3. The van der Waals surface area contributed by atoms with Crippen LogP contribution in [0.2, 0.25) is 4.34 Å². The van der Waals surface area contributed by atoms with E-state index in [2.05, 4.69) is 14.3 Å². The number of esters is 1. The molecule has 8 heteroatoms. The van der Waals surface area contributed by atoms with Crippen molar-refractivity contribution in [1.29, 1.82) is 0 Å². The summed E-state index contributed by atoms with van der Waals surface area (Å²) in [6.07, 6.45) is 0.329. The first-order chi connectivity index (χ1) is 8.67. The van der Waals surface area contributed by atoms with Gasteiger partial charge in [-0.3, -0.25) is 9.69 Å². The van der Waals surface area contributed by atoms with Gasteiger partial charge in [0.1, 0.15) is 10.0 Å². The van der Waals surface area contributed by atoms with Crippen molar-refractivity contribution >= 4 is 29.1 Å². The molecule has 18 heavy (non-hydrogen) atoms. The third-order valence-corrected chi connectivity index (χ3v) is 3.34. The van der Waals surface area contributed by atoms with Crippen LogP contribution < -0.4 is 0 Å². The second-order valence-electron chi connectivity index (χ2n) is 3.59. The van der Waals surface area contributed by atoms with Gasteiger partial charge < -0.3 is 9.47 Å². The van der Waals surface area contributed by atoms with E-state index in [-0.39, 0.29) is 5.97 Å². The molecule has 0 N–H and O–H groups in total. The molecule has 0 aliphatic heterocycles. The zero-order valence-corrected chi connectivity index (χ0v) is 12.0. The van der Waals surface area contributed by atoms with Gasteiger partial charge in [-0.25, -0.2) is 0 Å². The van der Waals surface area contributed by atoms with E-state index in [9.17, 15) is 4.79 Å². The van der Waals surface area contributed by atoms with E-state index in [0.717, 1.165) is 17.2 Å². The van der Waals surface area contributed by atoms with Gasteiger partial charge >= 0.3 is 5.97 Å². The number of halogens is 1. The molecule has 0 unspecified atom stereocenters. The van der Waals surface area contributed by atoms with E-state index in [4.69, 9.17) is 16.3 Å². The number of methoxy groups -OCH3 is 2. The van der Waals surface area contributed by atoms with Crippen LogP contribution in [0.1, 0.15) is 12.1 Å².